The van der Waals surface area contributed by atoms with Gasteiger partial charge in [-0.3, -0.25) is 0 Å². The van der Waals surface area contributed by atoms with Crippen molar-refractivity contribution in [2.24, 2.45) is 0 Å². The lowest BCUT2D eigenvalue weighted by Crippen LogP contribution is -2.37. The highest BCUT2D eigenvalue weighted by Crippen LogP contribution is 2.24. The molecule has 0 saturated carbocycles. The Balaban J connectivity index is 2.82. The number of nitrogens with one attached hydrogen (secondary N) is 1. The van der Waals surface area contributed by atoms with Gasteiger partial charge in [-0.15, -0.1) is 0 Å². The van der Waals surface area contributed by atoms with Gasteiger partial charge in [-0.05, 0) is 44.4 Å². The average Bonchev–Trinajstić information content (AvgIpc) is 2.25. The number of hydrogen-bond donors (Lipinski definition) is 2. The van der Waals surface area contributed by atoms with Gasteiger partial charge in [0.05, 0.1) is 6.54 Å². The zero-order valence-electron chi connectivity index (χ0n) is 11.3. The Kier molecular flexibility index (Phi) is 4.82. The van der Waals surface area contributed by atoms with Crippen LogP contribution in [-0.4, -0.2) is 24.2 Å². The number of alkyl halides is 2. The topological polar surface area (TPSA) is 32.3 Å². The van der Waals surface area contributed by atoms with Crippen LogP contribution in [-0.2, 0) is 0 Å². The average molecular weight is 257 g/mol. The molecule has 0 bridgehead atoms. The monoisotopic (exact) mass is 257 g/mol. The highest BCUT2D eigenvalue weighted by Gasteiger charge is 2.28. The van der Waals surface area contributed by atoms with Gasteiger partial charge in [0.2, 0.25) is 0 Å². The van der Waals surface area contributed by atoms with Crippen LogP contribution in [0.4, 0.5) is 8.78 Å². The Morgan fingerprint density at radius 3 is 2.17 bits per heavy atom. The molecular weight excluding hydrogens is 236 g/mol. The van der Waals surface area contributed by atoms with E-state index in [9.17, 15) is 8.78 Å². The summed E-state index contributed by atoms with van der Waals surface area (Å²) < 4.78 is 26.0. The van der Waals surface area contributed by atoms with E-state index in [1.165, 1.54) is 5.56 Å². The SMILES string of the molecule is Cc1cc(C)c(C(C)NCC(F)(F)CO)c(C)c1. The van der Waals surface area contributed by atoms with E-state index in [-0.39, 0.29) is 6.04 Å². The molecule has 102 valence electrons. The molecule has 0 saturated heterocycles. The predicted molar refractivity (Wildman–Crippen MR) is 69.1 cm³/mol. The number of benzene rings is 1. The summed E-state index contributed by atoms with van der Waals surface area (Å²) in [7, 11) is 0. The minimum absolute atomic E-state index is 0.164. The van der Waals surface area contributed by atoms with E-state index in [0.717, 1.165) is 16.7 Å². The highest BCUT2D eigenvalue weighted by molar-refractivity contribution is 5.39. The minimum Gasteiger partial charge on any atom is -0.390 e. The summed E-state index contributed by atoms with van der Waals surface area (Å²) in [5.74, 6) is -3.07. The molecule has 0 aromatic heterocycles. The normalized spacial score (nSPS) is 13.7. The highest BCUT2D eigenvalue weighted by atomic mass is 19.3. The molecule has 18 heavy (non-hydrogen) atoms. The van der Waals surface area contributed by atoms with Crippen LogP contribution in [0.3, 0.4) is 0 Å². The number of aliphatic hydroxyl groups excluding tert-OH is 1. The zero-order chi connectivity index (χ0) is 13.9. The molecular formula is C14H21F2NO. The second-order valence-electron chi connectivity index (χ2n) is 4.93. The van der Waals surface area contributed by atoms with E-state index in [1.807, 2.05) is 39.8 Å². The Hall–Kier alpha value is -1.00. The third-order valence-electron chi connectivity index (χ3n) is 3.07. The van der Waals surface area contributed by atoms with Crippen LogP contribution in [0.25, 0.3) is 0 Å². The molecule has 2 nitrogen and oxygen atoms in total. The van der Waals surface area contributed by atoms with E-state index in [1.54, 1.807) is 0 Å². The van der Waals surface area contributed by atoms with Crippen LogP contribution in [0.5, 0.6) is 0 Å². The van der Waals surface area contributed by atoms with Crippen molar-refractivity contribution in [3.8, 4) is 0 Å². The molecule has 1 aromatic rings. The summed E-state index contributed by atoms with van der Waals surface area (Å²) in [6, 6.07) is 3.93. The fourth-order valence-corrected chi connectivity index (χ4v) is 2.33. The fraction of sp³-hybridized carbons (Fsp3) is 0.571. The Morgan fingerprint density at radius 2 is 1.72 bits per heavy atom. The largest absolute Gasteiger partial charge is 0.390 e. The first-order valence-corrected chi connectivity index (χ1v) is 6.06. The Bertz CT molecular complexity index is 395. The lowest BCUT2D eigenvalue weighted by Gasteiger charge is -2.22. The van der Waals surface area contributed by atoms with Crippen molar-refractivity contribution < 1.29 is 13.9 Å². The van der Waals surface area contributed by atoms with E-state index < -0.39 is 19.1 Å². The second-order valence-corrected chi connectivity index (χ2v) is 4.93. The maximum absolute atomic E-state index is 13.0. The summed E-state index contributed by atoms with van der Waals surface area (Å²) in [6.45, 7) is 6.20. The standard InChI is InChI=1S/C14H21F2NO/c1-9-5-10(2)13(11(3)6-9)12(4)17-7-14(15,16)8-18/h5-6,12,17-18H,7-8H2,1-4H3. The third-order valence-corrected chi connectivity index (χ3v) is 3.07. The van der Waals surface area contributed by atoms with Gasteiger partial charge in [0.25, 0.3) is 5.92 Å². The van der Waals surface area contributed by atoms with E-state index >= 15 is 0 Å². The van der Waals surface area contributed by atoms with Gasteiger partial charge in [0, 0.05) is 6.04 Å². The first-order valence-electron chi connectivity index (χ1n) is 6.06. The summed E-state index contributed by atoms with van der Waals surface area (Å²) in [6.07, 6.45) is 0. The molecule has 0 aliphatic rings. The molecule has 0 aliphatic carbocycles. The van der Waals surface area contributed by atoms with E-state index in [0.29, 0.717) is 0 Å². The van der Waals surface area contributed by atoms with Gasteiger partial charge >= 0.3 is 0 Å². The van der Waals surface area contributed by atoms with Crippen molar-refractivity contribution in [1.29, 1.82) is 0 Å². The molecule has 2 N–H and O–H groups in total. The van der Waals surface area contributed by atoms with E-state index in [4.69, 9.17) is 5.11 Å². The quantitative estimate of drug-likeness (QED) is 0.850. The van der Waals surface area contributed by atoms with Crippen molar-refractivity contribution in [3.63, 3.8) is 0 Å². The maximum atomic E-state index is 13.0. The van der Waals surface area contributed by atoms with Crippen molar-refractivity contribution >= 4 is 0 Å². The van der Waals surface area contributed by atoms with Crippen molar-refractivity contribution in [1.82, 2.24) is 5.32 Å². The van der Waals surface area contributed by atoms with Gasteiger partial charge in [0.1, 0.15) is 6.61 Å². The molecule has 0 spiro atoms. The van der Waals surface area contributed by atoms with Crippen LogP contribution >= 0.6 is 0 Å². The molecule has 1 atom stereocenters. The van der Waals surface area contributed by atoms with Crippen LogP contribution in [0.15, 0.2) is 12.1 Å². The lowest BCUT2D eigenvalue weighted by atomic mass is 9.95. The molecule has 0 heterocycles. The Morgan fingerprint density at radius 1 is 1.22 bits per heavy atom. The molecule has 0 fully saturated rings. The molecule has 0 amide bonds. The first-order chi connectivity index (χ1) is 8.26. The smallest absolute Gasteiger partial charge is 0.282 e. The molecule has 4 heteroatoms. The van der Waals surface area contributed by atoms with Crippen LogP contribution in [0.2, 0.25) is 0 Å². The number of rotatable bonds is 5. The van der Waals surface area contributed by atoms with Gasteiger partial charge in [-0.1, -0.05) is 17.7 Å². The number of aliphatic hydroxyl groups is 1. The summed E-state index contributed by atoms with van der Waals surface area (Å²) in [4.78, 5) is 0. The van der Waals surface area contributed by atoms with Crippen LogP contribution in [0, 0.1) is 20.8 Å². The predicted octanol–water partition coefficient (Wildman–Crippen LogP) is 2.89. The van der Waals surface area contributed by atoms with Crippen LogP contribution < -0.4 is 5.32 Å². The Labute approximate surface area is 107 Å². The molecule has 1 rings (SSSR count). The molecule has 0 aliphatic heterocycles. The van der Waals surface area contributed by atoms with Gasteiger partial charge in [0.15, 0.2) is 0 Å². The summed E-state index contributed by atoms with van der Waals surface area (Å²) >= 11 is 0. The van der Waals surface area contributed by atoms with Crippen LogP contribution in [0.1, 0.15) is 35.2 Å². The summed E-state index contributed by atoms with van der Waals surface area (Å²) in [5.41, 5.74) is 4.41. The number of halogens is 2. The second kappa shape index (κ2) is 5.76. The molecule has 1 unspecified atom stereocenters. The summed E-state index contributed by atoms with van der Waals surface area (Å²) in [5, 5.41) is 11.3. The van der Waals surface area contributed by atoms with Crippen molar-refractivity contribution in [2.75, 3.05) is 13.2 Å². The van der Waals surface area contributed by atoms with Gasteiger partial charge in [-0.2, -0.15) is 0 Å². The zero-order valence-corrected chi connectivity index (χ0v) is 11.3. The third kappa shape index (κ3) is 3.75. The number of aryl methyl sites for hydroxylation is 3. The van der Waals surface area contributed by atoms with Gasteiger partial charge < -0.3 is 10.4 Å². The van der Waals surface area contributed by atoms with Crippen molar-refractivity contribution in [2.45, 2.75) is 39.7 Å². The number of hydrogen-bond acceptors (Lipinski definition) is 2. The lowest BCUT2D eigenvalue weighted by molar-refractivity contribution is -0.0491. The maximum Gasteiger partial charge on any atom is 0.282 e. The van der Waals surface area contributed by atoms with Crippen molar-refractivity contribution in [3.05, 3.63) is 34.4 Å². The van der Waals surface area contributed by atoms with Gasteiger partial charge in [-0.25, -0.2) is 8.78 Å². The minimum atomic E-state index is -3.07. The van der Waals surface area contributed by atoms with E-state index in [2.05, 4.69) is 5.32 Å². The fourth-order valence-electron chi connectivity index (χ4n) is 2.33. The first kappa shape index (κ1) is 15.1. The molecule has 1 aromatic carbocycles. The molecule has 0 radical (unpaired) electrons.